The summed E-state index contributed by atoms with van der Waals surface area (Å²) in [6.45, 7) is 0.383. The fraction of sp³-hybridized carbons (Fsp3) is 0.0968. The highest BCUT2D eigenvalue weighted by Crippen LogP contribution is 2.28. The first-order valence-electron chi connectivity index (χ1n) is 12.3. The first-order chi connectivity index (χ1) is 19.8. The summed E-state index contributed by atoms with van der Waals surface area (Å²) in [5.74, 6) is 0.830. The van der Waals surface area contributed by atoms with Crippen molar-refractivity contribution in [2.24, 2.45) is 0 Å². The quantitative estimate of drug-likeness (QED) is 0.0895. The highest BCUT2D eigenvalue weighted by molar-refractivity contribution is 6.30. The maximum atomic E-state index is 12.9. The molecule has 0 saturated carbocycles. The number of nitro benzene ring substituents is 1. The van der Waals surface area contributed by atoms with Crippen LogP contribution in [0.5, 0.6) is 17.2 Å². The molecule has 41 heavy (non-hydrogen) atoms. The Kier molecular flexibility index (Phi) is 9.54. The van der Waals surface area contributed by atoms with Crippen molar-refractivity contribution < 1.29 is 23.9 Å². The molecule has 9 nitrogen and oxygen atoms in total. The number of anilines is 1. The number of nitrogens with one attached hydrogen (secondary N) is 1. The standard InChI is InChI=1S/C31H24ClN3O6/c1-39-29-12-7-23(30(17-29)41-20-22-3-2-4-27(15-22)35(37)38)16-24(18-33)31(36)34-26-10-13-28(14-11-26)40-19-21-5-8-25(32)9-6-21/h2-17H,19-20H2,1H3,(H,34,36)/b24-16+. The lowest BCUT2D eigenvalue weighted by molar-refractivity contribution is -0.384. The number of ether oxygens (including phenoxy) is 3. The van der Waals surface area contributed by atoms with Crippen molar-refractivity contribution in [2.45, 2.75) is 13.2 Å². The molecule has 0 fully saturated rings. The Balaban J connectivity index is 1.45. The van der Waals surface area contributed by atoms with Crippen molar-refractivity contribution in [1.29, 1.82) is 5.26 Å². The van der Waals surface area contributed by atoms with Gasteiger partial charge in [-0.1, -0.05) is 35.9 Å². The Morgan fingerprint density at radius 2 is 1.66 bits per heavy atom. The van der Waals surface area contributed by atoms with E-state index in [2.05, 4.69) is 5.32 Å². The largest absolute Gasteiger partial charge is 0.497 e. The molecule has 206 valence electrons. The Morgan fingerprint density at radius 3 is 2.34 bits per heavy atom. The molecule has 4 aromatic carbocycles. The fourth-order valence-corrected chi connectivity index (χ4v) is 3.82. The molecule has 0 atom stereocenters. The lowest BCUT2D eigenvalue weighted by Crippen LogP contribution is -2.13. The van der Waals surface area contributed by atoms with Crippen molar-refractivity contribution in [2.75, 3.05) is 12.4 Å². The van der Waals surface area contributed by atoms with Crippen molar-refractivity contribution in [3.8, 4) is 23.3 Å². The minimum absolute atomic E-state index is 0.0240. The molecular weight excluding hydrogens is 546 g/mol. The van der Waals surface area contributed by atoms with Crippen LogP contribution in [0, 0.1) is 21.4 Å². The zero-order chi connectivity index (χ0) is 29.2. The summed E-state index contributed by atoms with van der Waals surface area (Å²) in [7, 11) is 1.50. The van der Waals surface area contributed by atoms with Gasteiger partial charge < -0.3 is 19.5 Å². The highest BCUT2D eigenvalue weighted by Gasteiger charge is 2.13. The Hall–Kier alpha value is -5.33. The van der Waals surface area contributed by atoms with E-state index in [9.17, 15) is 20.2 Å². The zero-order valence-corrected chi connectivity index (χ0v) is 22.6. The summed E-state index contributed by atoms with van der Waals surface area (Å²) >= 11 is 5.91. The summed E-state index contributed by atoms with van der Waals surface area (Å²) in [6, 6.07) is 27.0. The smallest absolute Gasteiger partial charge is 0.269 e. The van der Waals surface area contributed by atoms with E-state index in [4.69, 9.17) is 25.8 Å². The van der Waals surface area contributed by atoms with Crippen LogP contribution in [-0.2, 0) is 18.0 Å². The number of methoxy groups -OCH3 is 1. The maximum absolute atomic E-state index is 12.9. The molecule has 10 heteroatoms. The fourth-order valence-electron chi connectivity index (χ4n) is 3.69. The van der Waals surface area contributed by atoms with E-state index in [0.29, 0.717) is 45.7 Å². The van der Waals surface area contributed by atoms with Gasteiger partial charge in [0.05, 0.1) is 12.0 Å². The number of nitro groups is 1. The minimum atomic E-state index is -0.609. The van der Waals surface area contributed by atoms with E-state index in [-0.39, 0.29) is 17.9 Å². The third-order valence-corrected chi connectivity index (χ3v) is 6.08. The van der Waals surface area contributed by atoms with Gasteiger partial charge in [0.25, 0.3) is 11.6 Å². The van der Waals surface area contributed by atoms with Gasteiger partial charge in [0.1, 0.15) is 42.1 Å². The minimum Gasteiger partial charge on any atom is -0.497 e. The number of carbonyl (C=O) groups is 1. The molecule has 1 amide bonds. The van der Waals surface area contributed by atoms with Crippen LogP contribution in [0.1, 0.15) is 16.7 Å². The number of nitrogens with zero attached hydrogens (tertiary/aromatic N) is 2. The van der Waals surface area contributed by atoms with Crippen LogP contribution in [0.2, 0.25) is 5.02 Å². The molecule has 0 spiro atoms. The second-order valence-electron chi connectivity index (χ2n) is 8.68. The van der Waals surface area contributed by atoms with Crippen molar-refractivity contribution in [1.82, 2.24) is 0 Å². The lowest BCUT2D eigenvalue weighted by Gasteiger charge is -2.12. The van der Waals surface area contributed by atoms with Crippen LogP contribution in [0.4, 0.5) is 11.4 Å². The van der Waals surface area contributed by atoms with Crippen LogP contribution in [-0.4, -0.2) is 17.9 Å². The molecular formula is C31H24ClN3O6. The van der Waals surface area contributed by atoms with E-state index in [1.54, 1.807) is 66.7 Å². The number of non-ortho nitro benzene ring substituents is 1. The summed E-state index contributed by atoms with van der Waals surface area (Å²) in [4.78, 5) is 23.5. The van der Waals surface area contributed by atoms with Crippen LogP contribution >= 0.6 is 11.6 Å². The van der Waals surface area contributed by atoms with Crippen molar-refractivity contribution in [3.63, 3.8) is 0 Å². The number of hydrogen-bond donors (Lipinski definition) is 1. The SMILES string of the molecule is COc1ccc(/C=C(\C#N)C(=O)Nc2ccc(OCc3ccc(Cl)cc3)cc2)c(OCc2cccc([N+](=O)[O-])c2)c1. The Bertz CT molecular complexity index is 1610. The van der Waals surface area contributed by atoms with E-state index >= 15 is 0 Å². The molecule has 4 rings (SSSR count). The molecule has 0 saturated heterocycles. The van der Waals surface area contributed by atoms with Gasteiger partial charge in [-0.2, -0.15) is 5.26 Å². The number of hydrogen-bond acceptors (Lipinski definition) is 7. The first kappa shape index (κ1) is 28.7. The summed E-state index contributed by atoms with van der Waals surface area (Å²) in [6.07, 6.45) is 1.40. The number of halogens is 1. The van der Waals surface area contributed by atoms with Gasteiger partial charge >= 0.3 is 0 Å². The third-order valence-electron chi connectivity index (χ3n) is 5.83. The molecule has 0 aromatic heterocycles. The Morgan fingerprint density at radius 1 is 0.951 bits per heavy atom. The predicted molar refractivity (Wildman–Crippen MR) is 155 cm³/mol. The van der Waals surface area contributed by atoms with Gasteiger partial charge in [0, 0.05) is 34.5 Å². The monoisotopic (exact) mass is 569 g/mol. The molecule has 0 bridgehead atoms. The highest BCUT2D eigenvalue weighted by atomic mass is 35.5. The van der Waals surface area contributed by atoms with Crippen LogP contribution in [0.15, 0.2) is 96.6 Å². The van der Waals surface area contributed by atoms with Crippen molar-refractivity contribution in [3.05, 3.63) is 128 Å². The normalized spacial score (nSPS) is 10.8. The zero-order valence-electron chi connectivity index (χ0n) is 21.9. The maximum Gasteiger partial charge on any atom is 0.269 e. The average molecular weight is 570 g/mol. The van der Waals surface area contributed by atoms with E-state index in [1.807, 2.05) is 18.2 Å². The lowest BCUT2D eigenvalue weighted by atomic mass is 10.1. The Labute approximate surface area is 241 Å². The summed E-state index contributed by atoms with van der Waals surface area (Å²) in [5, 5.41) is 24.2. The molecule has 1 N–H and O–H groups in total. The summed E-state index contributed by atoms with van der Waals surface area (Å²) < 4.78 is 17.0. The van der Waals surface area contributed by atoms with Gasteiger partial charge in [-0.25, -0.2) is 0 Å². The molecule has 0 aliphatic carbocycles. The van der Waals surface area contributed by atoms with Gasteiger partial charge in [-0.3, -0.25) is 14.9 Å². The molecule has 4 aromatic rings. The van der Waals surface area contributed by atoms with Crippen molar-refractivity contribution >= 4 is 35.0 Å². The second-order valence-corrected chi connectivity index (χ2v) is 9.12. The van der Waals surface area contributed by atoms with Gasteiger partial charge in [0.15, 0.2) is 0 Å². The van der Waals surface area contributed by atoms with Gasteiger partial charge in [-0.05, 0) is 65.7 Å². The number of amides is 1. The van der Waals surface area contributed by atoms with E-state index < -0.39 is 10.8 Å². The predicted octanol–water partition coefficient (Wildman–Crippen LogP) is 6.96. The molecule has 0 heterocycles. The molecule has 0 radical (unpaired) electrons. The van der Waals surface area contributed by atoms with E-state index in [0.717, 1.165) is 5.56 Å². The topological polar surface area (TPSA) is 124 Å². The second kappa shape index (κ2) is 13.6. The first-order valence-corrected chi connectivity index (χ1v) is 12.7. The van der Waals surface area contributed by atoms with E-state index in [1.165, 1.54) is 25.3 Å². The van der Waals surface area contributed by atoms with Gasteiger partial charge in [0.2, 0.25) is 0 Å². The number of carbonyl (C=O) groups excluding carboxylic acids is 1. The van der Waals surface area contributed by atoms with Crippen LogP contribution in [0.3, 0.4) is 0 Å². The molecule has 0 aliphatic rings. The average Bonchev–Trinajstić information content (AvgIpc) is 2.99. The summed E-state index contributed by atoms with van der Waals surface area (Å²) in [5.41, 5.74) is 2.26. The molecule has 0 aliphatic heterocycles. The number of benzene rings is 4. The molecule has 0 unspecified atom stereocenters. The van der Waals surface area contributed by atoms with Crippen LogP contribution in [0.25, 0.3) is 6.08 Å². The third kappa shape index (κ3) is 8.08. The number of nitriles is 1. The number of rotatable bonds is 11. The van der Waals surface area contributed by atoms with Crippen LogP contribution < -0.4 is 19.5 Å². The van der Waals surface area contributed by atoms with Gasteiger partial charge in [-0.15, -0.1) is 0 Å².